The summed E-state index contributed by atoms with van der Waals surface area (Å²) in [5.41, 5.74) is -0.308. The zero-order chi connectivity index (χ0) is 32.8. The van der Waals surface area contributed by atoms with Gasteiger partial charge in [0.2, 0.25) is 21.8 Å². The van der Waals surface area contributed by atoms with Gasteiger partial charge in [0.25, 0.3) is 0 Å². The lowest BCUT2D eigenvalue weighted by Crippen LogP contribution is -2.55. The molecule has 0 radical (unpaired) electrons. The summed E-state index contributed by atoms with van der Waals surface area (Å²) in [6.07, 6.45) is 0.664. The first-order chi connectivity index (χ1) is 21.2. The maximum absolute atomic E-state index is 14.2. The Kier molecular flexibility index (Phi) is 11.4. The largest absolute Gasteiger partial charge is 0.416 e. The lowest BCUT2D eigenvalue weighted by molar-refractivity contribution is -0.140. The van der Waals surface area contributed by atoms with Crippen molar-refractivity contribution >= 4 is 50.7 Å². The molecule has 1 N–H and O–H groups in total. The maximum atomic E-state index is 14.2. The molecule has 4 rings (SSSR count). The number of halogens is 5. The Morgan fingerprint density at radius 1 is 0.933 bits per heavy atom. The number of benzene rings is 3. The number of carbonyl (C=O) groups is 2. The van der Waals surface area contributed by atoms with Crippen LogP contribution in [0.4, 0.5) is 18.9 Å². The highest BCUT2D eigenvalue weighted by Crippen LogP contribution is 2.36. The molecule has 7 nitrogen and oxygen atoms in total. The summed E-state index contributed by atoms with van der Waals surface area (Å²) >= 11 is 12.4. The normalized spacial score (nSPS) is 14.9. The minimum atomic E-state index is -4.79. The van der Waals surface area contributed by atoms with Crippen LogP contribution in [0.25, 0.3) is 0 Å². The van der Waals surface area contributed by atoms with Gasteiger partial charge in [-0.2, -0.15) is 13.2 Å². The van der Waals surface area contributed by atoms with Gasteiger partial charge in [-0.25, -0.2) is 8.42 Å². The smallest absolute Gasteiger partial charge is 0.352 e. The highest BCUT2D eigenvalue weighted by Gasteiger charge is 2.36. The SMILES string of the molecule is CS(=O)(=O)N(CC(=O)N(Cc1cccc(Cl)c1)C(Cc1ccccc1)C(=O)NC1CCCCC1)c1cc(C(F)(F)F)ccc1Cl. The number of carbonyl (C=O) groups excluding carboxylic acids is 2. The molecule has 0 spiro atoms. The first kappa shape index (κ1) is 34.6. The third-order valence-corrected chi connectivity index (χ3v) is 9.37. The molecule has 3 aromatic rings. The number of rotatable bonds is 11. The molecule has 0 heterocycles. The molecular weight excluding hydrogens is 650 g/mol. The molecule has 242 valence electrons. The average Bonchev–Trinajstić information content (AvgIpc) is 2.98. The van der Waals surface area contributed by atoms with Gasteiger partial charge in [-0.05, 0) is 54.3 Å². The van der Waals surface area contributed by atoms with E-state index in [1.807, 2.05) is 18.2 Å². The van der Waals surface area contributed by atoms with Gasteiger partial charge in [0, 0.05) is 24.0 Å². The molecule has 1 saturated carbocycles. The van der Waals surface area contributed by atoms with Crippen LogP contribution in [-0.2, 0) is 38.8 Å². The highest BCUT2D eigenvalue weighted by molar-refractivity contribution is 7.92. The molecule has 1 unspecified atom stereocenters. The molecule has 2 amide bonds. The second-order valence-electron chi connectivity index (χ2n) is 11.1. The van der Waals surface area contributed by atoms with Crippen LogP contribution in [0.3, 0.4) is 0 Å². The van der Waals surface area contributed by atoms with E-state index in [1.165, 1.54) is 4.90 Å². The van der Waals surface area contributed by atoms with Gasteiger partial charge in [-0.1, -0.05) is 84.9 Å². The standard InChI is InChI=1S/C32H34Cl2F3N3O4S/c1-45(43,44)40(28-19-24(32(35,36)37)15-16-27(28)34)21-30(41)39(20-23-11-8-12-25(33)17-23)29(18-22-9-4-2-5-10-22)31(42)38-26-13-6-3-7-14-26/h2,4-5,8-12,15-17,19,26,29H,3,6-7,13-14,18,20-21H2,1H3,(H,38,42). The fourth-order valence-corrected chi connectivity index (χ4v) is 6.74. The Bertz CT molecular complexity index is 1600. The third kappa shape index (κ3) is 9.61. The average molecular weight is 685 g/mol. The van der Waals surface area contributed by atoms with E-state index in [-0.39, 0.29) is 24.0 Å². The fourth-order valence-electron chi connectivity index (χ4n) is 5.41. The molecule has 0 aliphatic heterocycles. The van der Waals surface area contributed by atoms with E-state index in [0.29, 0.717) is 21.0 Å². The number of hydrogen-bond acceptors (Lipinski definition) is 4. The minimum absolute atomic E-state index is 0.0796. The number of sulfonamides is 1. The van der Waals surface area contributed by atoms with Crippen LogP contribution >= 0.6 is 23.2 Å². The predicted octanol–water partition coefficient (Wildman–Crippen LogP) is 6.87. The first-order valence-corrected chi connectivity index (χ1v) is 17.1. The van der Waals surface area contributed by atoms with Gasteiger partial charge >= 0.3 is 6.18 Å². The lowest BCUT2D eigenvalue weighted by Gasteiger charge is -2.35. The van der Waals surface area contributed by atoms with Gasteiger partial charge < -0.3 is 10.2 Å². The Balaban J connectivity index is 1.77. The monoisotopic (exact) mass is 683 g/mol. The van der Waals surface area contributed by atoms with Crippen molar-refractivity contribution < 1.29 is 31.2 Å². The number of nitrogens with one attached hydrogen (secondary N) is 1. The van der Waals surface area contributed by atoms with E-state index in [0.717, 1.165) is 56.1 Å². The van der Waals surface area contributed by atoms with Crippen LogP contribution in [0, 0.1) is 0 Å². The first-order valence-electron chi connectivity index (χ1n) is 14.4. The number of alkyl halides is 3. The summed E-state index contributed by atoms with van der Waals surface area (Å²) in [5.74, 6) is -1.22. The summed E-state index contributed by atoms with van der Waals surface area (Å²) in [4.78, 5) is 29.5. The highest BCUT2D eigenvalue weighted by atomic mass is 35.5. The number of hydrogen-bond donors (Lipinski definition) is 1. The molecule has 0 saturated heterocycles. The van der Waals surface area contributed by atoms with E-state index in [1.54, 1.807) is 36.4 Å². The molecule has 0 bridgehead atoms. The van der Waals surface area contributed by atoms with Crippen molar-refractivity contribution in [3.8, 4) is 0 Å². The Hall–Kier alpha value is -3.28. The maximum Gasteiger partial charge on any atom is 0.416 e. The van der Waals surface area contributed by atoms with Crippen molar-refractivity contribution in [2.75, 3.05) is 17.1 Å². The van der Waals surface area contributed by atoms with Gasteiger partial charge in [0.1, 0.15) is 12.6 Å². The van der Waals surface area contributed by atoms with Crippen LogP contribution in [0.15, 0.2) is 72.8 Å². The zero-order valence-electron chi connectivity index (χ0n) is 24.6. The third-order valence-electron chi connectivity index (χ3n) is 7.69. The van der Waals surface area contributed by atoms with E-state index in [9.17, 15) is 31.2 Å². The second kappa shape index (κ2) is 14.9. The molecule has 1 aliphatic rings. The molecular formula is C32H34Cl2F3N3O4S. The van der Waals surface area contributed by atoms with Crippen molar-refractivity contribution in [3.63, 3.8) is 0 Å². The summed E-state index contributed by atoms with van der Waals surface area (Å²) in [6, 6.07) is 16.8. The predicted molar refractivity (Wildman–Crippen MR) is 170 cm³/mol. The van der Waals surface area contributed by atoms with Crippen LogP contribution in [0.5, 0.6) is 0 Å². The van der Waals surface area contributed by atoms with Crippen molar-refractivity contribution in [1.29, 1.82) is 0 Å². The van der Waals surface area contributed by atoms with Crippen molar-refractivity contribution in [2.45, 2.75) is 63.3 Å². The van der Waals surface area contributed by atoms with Crippen molar-refractivity contribution in [2.24, 2.45) is 0 Å². The van der Waals surface area contributed by atoms with E-state index in [4.69, 9.17) is 23.2 Å². The molecule has 13 heteroatoms. The molecule has 0 aromatic heterocycles. The molecule has 1 fully saturated rings. The number of amides is 2. The van der Waals surface area contributed by atoms with Crippen LogP contribution in [0.2, 0.25) is 10.0 Å². The fraction of sp³-hybridized carbons (Fsp3) is 0.375. The van der Waals surface area contributed by atoms with Gasteiger partial charge in [-0.3, -0.25) is 13.9 Å². The lowest BCUT2D eigenvalue weighted by atomic mass is 9.94. The zero-order valence-corrected chi connectivity index (χ0v) is 26.9. The van der Waals surface area contributed by atoms with Crippen LogP contribution < -0.4 is 9.62 Å². The molecule has 45 heavy (non-hydrogen) atoms. The van der Waals surface area contributed by atoms with Crippen LogP contribution in [-0.4, -0.2) is 50.0 Å². The van der Waals surface area contributed by atoms with E-state index < -0.39 is 51.9 Å². The number of nitrogens with zero attached hydrogens (tertiary/aromatic N) is 2. The molecule has 3 aromatic carbocycles. The second-order valence-corrected chi connectivity index (χ2v) is 13.9. The van der Waals surface area contributed by atoms with Gasteiger partial charge in [0.15, 0.2) is 0 Å². The Labute approximate surface area is 271 Å². The summed E-state index contributed by atoms with van der Waals surface area (Å²) < 4.78 is 67.2. The number of anilines is 1. The quantitative estimate of drug-likeness (QED) is 0.239. The Morgan fingerprint density at radius 3 is 2.22 bits per heavy atom. The van der Waals surface area contributed by atoms with Crippen molar-refractivity contribution in [1.82, 2.24) is 10.2 Å². The van der Waals surface area contributed by atoms with E-state index in [2.05, 4.69) is 5.32 Å². The minimum Gasteiger partial charge on any atom is -0.352 e. The Morgan fingerprint density at radius 2 is 1.60 bits per heavy atom. The summed E-state index contributed by atoms with van der Waals surface area (Å²) in [6.45, 7) is -1.02. The summed E-state index contributed by atoms with van der Waals surface area (Å²) in [5, 5.41) is 3.18. The van der Waals surface area contributed by atoms with Gasteiger partial charge in [0.05, 0.1) is 22.5 Å². The molecule has 1 aliphatic carbocycles. The van der Waals surface area contributed by atoms with Gasteiger partial charge in [-0.15, -0.1) is 0 Å². The topological polar surface area (TPSA) is 86.8 Å². The van der Waals surface area contributed by atoms with Crippen molar-refractivity contribution in [3.05, 3.63) is 99.5 Å². The molecule has 1 atom stereocenters. The van der Waals surface area contributed by atoms with E-state index >= 15 is 0 Å². The summed E-state index contributed by atoms with van der Waals surface area (Å²) in [7, 11) is -4.33. The van der Waals surface area contributed by atoms with Crippen LogP contribution in [0.1, 0.15) is 48.8 Å².